The molecule has 0 bridgehead atoms. The molecule has 0 spiro atoms. The molecule has 1 aliphatic heterocycles. The largest absolute Gasteiger partial charge is 0.405 e. The van der Waals surface area contributed by atoms with Gasteiger partial charge in [0.2, 0.25) is 15.8 Å². The van der Waals surface area contributed by atoms with E-state index >= 15 is 0 Å². The van der Waals surface area contributed by atoms with E-state index in [-0.39, 0.29) is 30.8 Å². The number of alkyl halides is 3. The van der Waals surface area contributed by atoms with Crippen LogP contribution in [0.25, 0.3) is 11.4 Å². The van der Waals surface area contributed by atoms with Gasteiger partial charge in [-0.15, -0.1) is 10.2 Å². The van der Waals surface area contributed by atoms with Crippen molar-refractivity contribution >= 4 is 10.0 Å². The van der Waals surface area contributed by atoms with Crippen LogP contribution in [0.15, 0.2) is 23.1 Å². The zero-order valence-corrected chi connectivity index (χ0v) is 13.5. The van der Waals surface area contributed by atoms with Crippen molar-refractivity contribution in [1.82, 2.24) is 24.9 Å². The van der Waals surface area contributed by atoms with Gasteiger partial charge in [-0.3, -0.25) is 0 Å². The Morgan fingerprint density at radius 1 is 1.24 bits per heavy atom. The van der Waals surface area contributed by atoms with Gasteiger partial charge in [-0.1, -0.05) is 6.42 Å². The van der Waals surface area contributed by atoms with Crippen LogP contribution in [0, 0.1) is 5.82 Å². The Morgan fingerprint density at radius 3 is 2.64 bits per heavy atom. The van der Waals surface area contributed by atoms with Crippen molar-refractivity contribution in [1.29, 1.82) is 0 Å². The summed E-state index contributed by atoms with van der Waals surface area (Å²) in [5.74, 6) is -1.01. The molecule has 7 nitrogen and oxygen atoms in total. The van der Waals surface area contributed by atoms with Crippen LogP contribution in [-0.2, 0) is 10.0 Å². The van der Waals surface area contributed by atoms with Crippen molar-refractivity contribution in [2.24, 2.45) is 0 Å². The summed E-state index contributed by atoms with van der Waals surface area (Å²) in [5.41, 5.74) is -0.268. The second-order valence-electron chi connectivity index (χ2n) is 5.55. The Hall–Kier alpha value is -2.08. The van der Waals surface area contributed by atoms with Gasteiger partial charge in [0.1, 0.15) is 11.9 Å². The number of halogens is 4. The minimum Gasteiger partial charge on any atom is -0.207 e. The van der Waals surface area contributed by atoms with Crippen LogP contribution in [0.4, 0.5) is 17.6 Å². The molecule has 1 aromatic heterocycles. The molecule has 136 valence electrons. The third-order valence-corrected chi connectivity index (χ3v) is 5.87. The van der Waals surface area contributed by atoms with Crippen LogP contribution in [0.3, 0.4) is 0 Å². The smallest absolute Gasteiger partial charge is 0.207 e. The third-order valence-electron chi connectivity index (χ3n) is 3.96. The van der Waals surface area contributed by atoms with Crippen LogP contribution in [0.5, 0.6) is 0 Å². The number of benzene rings is 1. The fraction of sp³-hybridized carbons (Fsp3) is 0.462. The number of piperidine rings is 1. The summed E-state index contributed by atoms with van der Waals surface area (Å²) in [6.45, 7) is -0.249. The van der Waals surface area contributed by atoms with Crippen molar-refractivity contribution in [3.63, 3.8) is 0 Å². The quantitative estimate of drug-likeness (QED) is 0.825. The summed E-state index contributed by atoms with van der Waals surface area (Å²) in [7, 11) is -4.46. The second-order valence-corrected chi connectivity index (χ2v) is 7.44. The topological polar surface area (TPSA) is 91.8 Å². The molecule has 0 radical (unpaired) electrons. The first-order valence-electron chi connectivity index (χ1n) is 7.33. The highest BCUT2D eigenvalue weighted by Gasteiger charge is 2.49. The molecule has 1 aliphatic rings. The summed E-state index contributed by atoms with van der Waals surface area (Å²) >= 11 is 0. The summed E-state index contributed by atoms with van der Waals surface area (Å²) < 4.78 is 79.4. The van der Waals surface area contributed by atoms with Crippen LogP contribution < -0.4 is 0 Å². The van der Waals surface area contributed by atoms with Gasteiger partial charge in [0.15, 0.2) is 0 Å². The van der Waals surface area contributed by atoms with Crippen molar-refractivity contribution in [3.8, 4) is 11.4 Å². The number of tetrazole rings is 1. The molecular weight excluding hydrogens is 366 g/mol. The average molecular weight is 379 g/mol. The summed E-state index contributed by atoms with van der Waals surface area (Å²) in [6.07, 6.45) is -4.37. The van der Waals surface area contributed by atoms with Crippen LogP contribution in [0.1, 0.15) is 19.3 Å². The van der Waals surface area contributed by atoms with Crippen molar-refractivity contribution < 1.29 is 26.0 Å². The molecule has 0 saturated carbocycles. The molecule has 2 heterocycles. The van der Waals surface area contributed by atoms with Gasteiger partial charge in [-0.2, -0.15) is 22.7 Å². The van der Waals surface area contributed by atoms with E-state index in [2.05, 4.69) is 20.6 Å². The first-order valence-corrected chi connectivity index (χ1v) is 8.77. The van der Waals surface area contributed by atoms with Crippen LogP contribution in [0.2, 0.25) is 0 Å². The molecule has 12 heteroatoms. The van der Waals surface area contributed by atoms with Crippen molar-refractivity contribution in [3.05, 3.63) is 24.0 Å². The fourth-order valence-electron chi connectivity index (χ4n) is 2.77. The minimum absolute atomic E-state index is 0.194. The molecule has 0 aliphatic carbocycles. The highest BCUT2D eigenvalue weighted by atomic mass is 32.2. The molecule has 3 rings (SSSR count). The molecule has 1 aromatic carbocycles. The van der Waals surface area contributed by atoms with Gasteiger partial charge in [-0.25, -0.2) is 12.8 Å². The van der Waals surface area contributed by atoms with Gasteiger partial charge in [0.25, 0.3) is 0 Å². The van der Waals surface area contributed by atoms with Crippen molar-refractivity contribution in [2.75, 3.05) is 6.54 Å². The van der Waals surface area contributed by atoms with Gasteiger partial charge < -0.3 is 0 Å². The SMILES string of the molecule is O=S(=O)(c1ccc(F)c(-c2nn[nH]n2)c1)N1CCCCC1C(F)(F)F. The lowest BCUT2D eigenvalue weighted by atomic mass is 10.0. The zero-order valence-electron chi connectivity index (χ0n) is 12.7. The summed E-state index contributed by atoms with van der Waals surface area (Å²) in [6, 6.07) is 0.601. The van der Waals surface area contributed by atoms with Gasteiger partial charge in [0.05, 0.1) is 10.5 Å². The number of hydrogen-bond acceptors (Lipinski definition) is 5. The minimum atomic E-state index is -4.68. The number of H-pyrrole nitrogens is 1. The normalized spacial score (nSPS) is 19.9. The number of rotatable bonds is 3. The van der Waals surface area contributed by atoms with E-state index in [1.807, 2.05) is 0 Å². The number of nitrogens with zero attached hydrogens (tertiary/aromatic N) is 4. The number of sulfonamides is 1. The van der Waals surface area contributed by atoms with Gasteiger partial charge in [-0.05, 0) is 36.3 Å². The molecular formula is C13H13F4N5O2S. The monoisotopic (exact) mass is 379 g/mol. The Labute approximate surface area is 140 Å². The van der Waals surface area contributed by atoms with E-state index in [1.54, 1.807) is 0 Å². The molecule has 0 amide bonds. The fourth-order valence-corrected chi connectivity index (χ4v) is 4.47. The van der Waals surface area contributed by atoms with Crippen LogP contribution in [-0.4, -0.2) is 52.1 Å². The number of nitrogens with one attached hydrogen (secondary N) is 1. The lowest BCUT2D eigenvalue weighted by Crippen LogP contribution is -2.51. The standard InChI is InChI=1S/C13H13F4N5O2S/c14-10-5-4-8(7-9(10)12-18-20-21-19-12)25(23,24)22-6-2-1-3-11(22)13(15,16)17/h4-5,7,11H,1-3,6H2,(H,18,19,20,21). The Kier molecular flexibility index (Phi) is 4.49. The lowest BCUT2D eigenvalue weighted by Gasteiger charge is -2.35. The van der Waals surface area contributed by atoms with E-state index in [4.69, 9.17) is 0 Å². The Bertz CT molecular complexity index is 854. The molecule has 2 aromatic rings. The van der Waals surface area contributed by atoms with E-state index in [9.17, 15) is 26.0 Å². The molecule has 1 saturated heterocycles. The molecule has 1 fully saturated rings. The van der Waals surface area contributed by atoms with E-state index in [0.717, 1.165) is 18.2 Å². The maximum absolute atomic E-state index is 13.9. The van der Waals surface area contributed by atoms with Crippen LogP contribution >= 0.6 is 0 Å². The number of aromatic nitrogens is 4. The first kappa shape index (κ1) is 17.7. The molecule has 1 unspecified atom stereocenters. The maximum Gasteiger partial charge on any atom is 0.405 e. The number of hydrogen-bond donors (Lipinski definition) is 1. The Balaban J connectivity index is 2.04. The third kappa shape index (κ3) is 3.35. The predicted octanol–water partition coefficient (Wildman–Crippen LogP) is 2.11. The molecule has 1 N–H and O–H groups in total. The van der Waals surface area contributed by atoms with Crippen molar-refractivity contribution in [2.45, 2.75) is 36.4 Å². The predicted molar refractivity (Wildman–Crippen MR) is 77.2 cm³/mol. The maximum atomic E-state index is 13.9. The van der Waals surface area contributed by atoms with E-state index in [1.165, 1.54) is 0 Å². The first-order chi connectivity index (χ1) is 11.7. The molecule has 25 heavy (non-hydrogen) atoms. The van der Waals surface area contributed by atoms with E-state index in [0.29, 0.717) is 10.7 Å². The highest BCUT2D eigenvalue weighted by molar-refractivity contribution is 7.89. The number of aromatic amines is 1. The van der Waals surface area contributed by atoms with E-state index < -0.39 is 33.0 Å². The summed E-state index contributed by atoms with van der Waals surface area (Å²) in [5, 5.41) is 12.5. The zero-order chi connectivity index (χ0) is 18.2. The highest BCUT2D eigenvalue weighted by Crippen LogP contribution is 2.36. The van der Waals surface area contributed by atoms with Gasteiger partial charge >= 0.3 is 6.18 Å². The second kappa shape index (κ2) is 6.33. The summed E-state index contributed by atoms with van der Waals surface area (Å²) in [4.78, 5) is -0.454. The molecule has 1 atom stereocenters. The average Bonchev–Trinajstić information content (AvgIpc) is 3.08. The van der Waals surface area contributed by atoms with Gasteiger partial charge in [0, 0.05) is 6.54 Å². The lowest BCUT2D eigenvalue weighted by molar-refractivity contribution is -0.177. The Morgan fingerprint density at radius 2 is 2.00 bits per heavy atom.